The number of aromatic nitrogens is 1. The number of nitrogens with zero attached hydrogens (tertiary/aromatic N) is 2. The highest BCUT2D eigenvalue weighted by Crippen LogP contribution is 2.31. The van der Waals surface area contributed by atoms with E-state index < -0.39 is 18.0 Å². The number of thiazole rings is 1. The minimum absolute atomic E-state index is 0.0551. The van der Waals surface area contributed by atoms with Crippen molar-refractivity contribution in [3.05, 3.63) is 52.0 Å². The maximum Gasteiger partial charge on any atom is 0.308 e. The standard InChI is InChI=1S/C33H49N3O6S/c1-10-21(4)23(6)32(39)36(8)28(20(2)3)18-29(42-24(7)37)31-35-27(19-43-31)30(38)34-26(16-22(5)33(40)41-9)17-25-14-12-11-13-15-25/h11-15,19-23,26,28-29H,10,16-18H2,1-9H3,(H,34,38)/t21-,22-,23-,26+,28+,29+/m0/s1. The molecule has 2 amide bonds. The quantitative estimate of drug-likeness (QED) is 0.236. The van der Waals surface area contributed by atoms with E-state index in [-0.39, 0.29) is 53.3 Å². The molecule has 0 radical (unpaired) electrons. The monoisotopic (exact) mass is 615 g/mol. The minimum Gasteiger partial charge on any atom is -0.469 e. The smallest absolute Gasteiger partial charge is 0.308 e. The summed E-state index contributed by atoms with van der Waals surface area (Å²) < 4.78 is 10.6. The average molecular weight is 616 g/mol. The number of rotatable bonds is 16. The van der Waals surface area contributed by atoms with Crippen molar-refractivity contribution in [3.8, 4) is 0 Å². The predicted molar refractivity (Wildman–Crippen MR) is 168 cm³/mol. The van der Waals surface area contributed by atoms with Crippen LogP contribution in [0.15, 0.2) is 35.7 Å². The molecule has 238 valence electrons. The summed E-state index contributed by atoms with van der Waals surface area (Å²) in [5, 5.41) is 5.18. The third kappa shape index (κ3) is 10.7. The number of esters is 2. The molecule has 0 bridgehead atoms. The molecule has 0 saturated carbocycles. The Morgan fingerprint density at radius 3 is 2.23 bits per heavy atom. The van der Waals surface area contributed by atoms with Crippen LogP contribution in [0.3, 0.4) is 0 Å². The zero-order valence-electron chi connectivity index (χ0n) is 27.1. The summed E-state index contributed by atoms with van der Waals surface area (Å²) in [5.74, 6) is -1.33. The molecule has 1 aromatic carbocycles. The van der Waals surface area contributed by atoms with E-state index in [0.29, 0.717) is 24.3 Å². The Kier molecular flexibility index (Phi) is 14.3. The van der Waals surface area contributed by atoms with Crippen LogP contribution in [0.1, 0.15) is 94.9 Å². The lowest BCUT2D eigenvalue weighted by atomic mass is 9.90. The van der Waals surface area contributed by atoms with Gasteiger partial charge in [0.25, 0.3) is 5.91 Å². The Hall–Kier alpha value is -3.27. The Balaban J connectivity index is 2.27. The fourth-order valence-corrected chi connectivity index (χ4v) is 6.03. The molecule has 6 atom stereocenters. The molecule has 1 heterocycles. The maximum atomic E-state index is 13.4. The number of carbonyl (C=O) groups is 4. The molecule has 43 heavy (non-hydrogen) atoms. The molecule has 2 rings (SSSR count). The lowest BCUT2D eigenvalue weighted by Gasteiger charge is -2.36. The molecule has 1 N–H and O–H groups in total. The third-order valence-electron chi connectivity index (χ3n) is 8.20. The zero-order chi connectivity index (χ0) is 32.3. The first-order valence-electron chi connectivity index (χ1n) is 15.1. The topological polar surface area (TPSA) is 115 Å². The van der Waals surface area contributed by atoms with Crippen molar-refractivity contribution < 1.29 is 28.7 Å². The van der Waals surface area contributed by atoms with Gasteiger partial charge in [-0.1, -0.05) is 78.3 Å². The fraction of sp³-hybridized carbons (Fsp3) is 0.606. The molecule has 10 heteroatoms. The first-order valence-corrected chi connectivity index (χ1v) is 16.0. The van der Waals surface area contributed by atoms with Gasteiger partial charge < -0.3 is 19.7 Å². The Morgan fingerprint density at radius 1 is 1.02 bits per heavy atom. The van der Waals surface area contributed by atoms with Crippen LogP contribution in [0.5, 0.6) is 0 Å². The van der Waals surface area contributed by atoms with Gasteiger partial charge in [0, 0.05) is 43.8 Å². The second kappa shape index (κ2) is 17.1. The number of ether oxygens (including phenoxy) is 2. The van der Waals surface area contributed by atoms with Gasteiger partial charge in [0.1, 0.15) is 10.7 Å². The summed E-state index contributed by atoms with van der Waals surface area (Å²) in [6, 6.07) is 9.19. The summed E-state index contributed by atoms with van der Waals surface area (Å²) in [5.41, 5.74) is 1.23. The van der Waals surface area contributed by atoms with E-state index in [0.717, 1.165) is 12.0 Å². The van der Waals surface area contributed by atoms with E-state index in [4.69, 9.17) is 9.47 Å². The molecule has 2 aromatic rings. The number of nitrogens with one attached hydrogen (secondary N) is 1. The summed E-state index contributed by atoms with van der Waals surface area (Å²) in [4.78, 5) is 57.3. The van der Waals surface area contributed by atoms with Crippen molar-refractivity contribution in [2.45, 2.75) is 92.3 Å². The number of methoxy groups -OCH3 is 1. The molecule has 0 unspecified atom stereocenters. The normalized spacial score (nSPS) is 15.5. The molecule has 0 aliphatic rings. The van der Waals surface area contributed by atoms with Crippen molar-refractivity contribution >= 4 is 35.1 Å². The summed E-state index contributed by atoms with van der Waals surface area (Å²) in [6.07, 6.45) is 1.47. The van der Waals surface area contributed by atoms with Crippen LogP contribution in [-0.2, 0) is 30.3 Å². The van der Waals surface area contributed by atoms with Crippen LogP contribution < -0.4 is 5.32 Å². The van der Waals surface area contributed by atoms with Crippen LogP contribution in [0.4, 0.5) is 0 Å². The largest absolute Gasteiger partial charge is 0.469 e. The van der Waals surface area contributed by atoms with Crippen molar-refractivity contribution in [2.24, 2.45) is 23.7 Å². The van der Waals surface area contributed by atoms with E-state index in [2.05, 4.69) is 24.1 Å². The Morgan fingerprint density at radius 2 is 1.67 bits per heavy atom. The third-order valence-corrected chi connectivity index (χ3v) is 9.13. The summed E-state index contributed by atoms with van der Waals surface area (Å²) in [6.45, 7) is 13.3. The molecule has 0 spiro atoms. The highest BCUT2D eigenvalue weighted by atomic mass is 32.1. The van der Waals surface area contributed by atoms with Gasteiger partial charge in [-0.05, 0) is 30.2 Å². The number of amides is 2. The van der Waals surface area contributed by atoms with Crippen molar-refractivity contribution in [1.82, 2.24) is 15.2 Å². The number of carbonyl (C=O) groups excluding carboxylic acids is 4. The van der Waals surface area contributed by atoms with Crippen LogP contribution in [0.25, 0.3) is 0 Å². The van der Waals surface area contributed by atoms with E-state index in [1.165, 1.54) is 25.4 Å². The molecular weight excluding hydrogens is 566 g/mol. The SMILES string of the molecule is CC[C@H](C)[C@H](C)C(=O)N(C)[C@H](C[C@@H](OC(C)=O)c1nc(C(=O)N[C@@H](Cc2ccccc2)C[C@H](C)C(=O)OC)cs1)C(C)C. The maximum absolute atomic E-state index is 13.4. The fourth-order valence-electron chi connectivity index (χ4n) is 5.19. The number of benzene rings is 1. The second-order valence-electron chi connectivity index (χ2n) is 11.9. The minimum atomic E-state index is -0.718. The van der Waals surface area contributed by atoms with E-state index in [1.54, 1.807) is 24.3 Å². The molecule has 0 saturated heterocycles. The molecular formula is C33H49N3O6S. The van der Waals surface area contributed by atoms with Crippen LogP contribution in [0.2, 0.25) is 0 Å². The van der Waals surface area contributed by atoms with Gasteiger partial charge in [-0.25, -0.2) is 4.98 Å². The zero-order valence-corrected chi connectivity index (χ0v) is 27.9. The number of hydrogen-bond acceptors (Lipinski definition) is 8. The van der Waals surface area contributed by atoms with Crippen molar-refractivity contribution in [1.29, 1.82) is 0 Å². The van der Waals surface area contributed by atoms with Crippen molar-refractivity contribution in [2.75, 3.05) is 14.2 Å². The highest BCUT2D eigenvalue weighted by molar-refractivity contribution is 7.09. The summed E-state index contributed by atoms with van der Waals surface area (Å²) >= 11 is 1.24. The van der Waals surface area contributed by atoms with Crippen molar-refractivity contribution in [3.63, 3.8) is 0 Å². The molecule has 0 aliphatic heterocycles. The first kappa shape index (κ1) is 35.9. The van der Waals surface area contributed by atoms with Gasteiger partial charge in [-0.3, -0.25) is 19.2 Å². The Bertz CT molecular complexity index is 1200. The van der Waals surface area contributed by atoms with E-state index >= 15 is 0 Å². The molecule has 0 fully saturated rings. The highest BCUT2D eigenvalue weighted by Gasteiger charge is 2.33. The Labute approximate surface area is 260 Å². The van der Waals surface area contributed by atoms with Crippen LogP contribution in [-0.4, -0.2) is 59.9 Å². The van der Waals surface area contributed by atoms with Crippen LogP contribution in [0, 0.1) is 23.7 Å². The van der Waals surface area contributed by atoms with E-state index in [1.807, 2.05) is 51.1 Å². The number of hydrogen-bond donors (Lipinski definition) is 1. The van der Waals surface area contributed by atoms with Gasteiger partial charge in [0.15, 0.2) is 6.10 Å². The first-order chi connectivity index (χ1) is 20.3. The second-order valence-corrected chi connectivity index (χ2v) is 12.7. The lowest BCUT2D eigenvalue weighted by molar-refractivity contribution is -0.149. The van der Waals surface area contributed by atoms with E-state index in [9.17, 15) is 19.2 Å². The predicted octanol–water partition coefficient (Wildman–Crippen LogP) is 5.84. The van der Waals surface area contributed by atoms with Gasteiger partial charge in [-0.2, -0.15) is 0 Å². The average Bonchev–Trinajstić information content (AvgIpc) is 3.48. The van der Waals surface area contributed by atoms with Gasteiger partial charge in [-0.15, -0.1) is 11.3 Å². The molecule has 1 aromatic heterocycles. The van der Waals surface area contributed by atoms with Crippen LogP contribution >= 0.6 is 11.3 Å². The summed E-state index contributed by atoms with van der Waals surface area (Å²) in [7, 11) is 3.16. The van der Waals surface area contributed by atoms with Gasteiger partial charge in [0.2, 0.25) is 5.91 Å². The lowest BCUT2D eigenvalue weighted by Crippen LogP contribution is -2.45. The molecule has 9 nitrogen and oxygen atoms in total. The molecule has 0 aliphatic carbocycles. The van der Waals surface area contributed by atoms with Gasteiger partial charge in [0.05, 0.1) is 13.0 Å². The van der Waals surface area contributed by atoms with Gasteiger partial charge >= 0.3 is 11.9 Å².